The van der Waals surface area contributed by atoms with Crippen molar-refractivity contribution in [1.82, 2.24) is 25.7 Å². The zero-order valence-electron chi connectivity index (χ0n) is 16.0. The number of aryl methyl sites for hydroxylation is 1. The van der Waals surface area contributed by atoms with Gasteiger partial charge >= 0.3 is 0 Å². The molecule has 1 atom stereocenters. The second kappa shape index (κ2) is 8.05. The van der Waals surface area contributed by atoms with E-state index in [1.165, 1.54) is 0 Å². The molecule has 2 heterocycles. The van der Waals surface area contributed by atoms with Crippen molar-refractivity contribution in [2.24, 2.45) is 0 Å². The first-order chi connectivity index (χ1) is 14.1. The van der Waals surface area contributed by atoms with Gasteiger partial charge in [-0.1, -0.05) is 42.4 Å². The lowest BCUT2D eigenvalue weighted by molar-refractivity contribution is 0.0950. The minimum absolute atomic E-state index is 0.121. The monoisotopic (exact) mass is 389 g/mol. The third-order valence-electron chi connectivity index (χ3n) is 4.38. The Bertz CT molecular complexity index is 1100. The highest BCUT2D eigenvalue weighted by Crippen LogP contribution is 2.20. The topological polar surface area (TPSA) is 107 Å². The Labute approximate surface area is 167 Å². The molecule has 0 saturated heterocycles. The van der Waals surface area contributed by atoms with Crippen LogP contribution in [0.4, 0.5) is 0 Å². The normalized spacial score (nSPS) is 11.9. The molecular formula is C21H19N5O3. The van der Waals surface area contributed by atoms with Crippen LogP contribution in [0.15, 0.2) is 63.5 Å². The van der Waals surface area contributed by atoms with Crippen LogP contribution in [0.2, 0.25) is 0 Å². The second-order valence-electron chi connectivity index (χ2n) is 6.64. The van der Waals surface area contributed by atoms with E-state index in [1.807, 2.05) is 37.3 Å². The van der Waals surface area contributed by atoms with E-state index in [2.05, 4.69) is 25.7 Å². The van der Waals surface area contributed by atoms with Crippen molar-refractivity contribution in [3.05, 3.63) is 71.9 Å². The Kier molecular flexibility index (Phi) is 5.15. The molecule has 0 unspecified atom stereocenters. The Hall–Kier alpha value is -3.81. The van der Waals surface area contributed by atoms with Gasteiger partial charge in [-0.2, -0.15) is 4.98 Å². The van der Waals surface area contributed by atoms with Crippen LogP contribution < -0.4 is 5.32 Å². The molecule has 1 amide bonds. The molecule has 29 heavy (non-hydrogen) atoms. The highest BCUT2D eigenvalue weighted by molar-refractivity contribution is 5.94. The van der Waals surface area contributed by atoms with Gasteiger partial charge in [0, 0.05) is 30.2 Å². The number of amides is 1. The number of carbonyl (C=O) groups excluding carboxylic acids is 1. The third kappa shape index (κ3) is 4.21. The summed E-state index contributed by atoms with van der Waals surface area (Å²) in [6, 6.07) is 16.6. The molecule has 2 aromatic heterocycles. The van der Waals surface area contributed by atoms with E-state index in [0.717, 1.165) is 11.1 Å². The Morgan fingerprint density at radius 1 is 1.03 bits per heavy atom. The maximum Gasteiger partial charge on any atom is 0.251 e. The number of hydrogen-bond acceptors (Lipinski definition) is 7. The summed E-state index contributed by atoms with van der Waals surface area (Å²) in [5, 5.41) is 14.7. The molecule has 0 saturated carbocycles. The van der Waals surface area contributed by atoms with E-state index in [1.54, 1.807) is 31.2 Å². The van der Waals surface area contributed by atoms with Crippen LogP contribution in [0.1, 0.15) is 35.0 Å². The highest BCUT2D eigenvalue weighted by atomic mass is 16.5. The van der Waals surface area contributed by atoms with E-state index in [-0.39, 0.29) is 11.8 Å². The average molecular weight is 389 g/mol. The van der Waals surface area contributed by atoms with Gasteiger partial charge in [-0.15, -0.1) is 10.2 Å². The van der Waals surface area contributed by atoms with E-state index >= 15 is 0 Å². The Morgan fingerprint density at radius 2 is 1.79 bits per heavy atom. The van der Waals surface area contributed by atoms with Crippen molar-refractivity contribution in [3.8, 4) is 22.8 Å². The van der Waals surface area contributed by atoms with Crippen molar-refractivity contribution in [2.75, 3.05) is 6.54 Å². The van der Waals surface area contributed by atoms with Crippen molar-refractivity contribution in [3.63, 3.8) is 0 Å². The van der Waals surface area contributed by atoms with Crippen LogP contribution in [0, 0.1) is 6.92 Å². The molecule has 8 nitrogen and oxygen atoms in total. The first-order valence-corrected chi connectivity index (χ1v) is 9.18. The summed E-state index contributed by atoms with van der Waals surface area (Å²) < 4.78 is 10.7. The lowest BCUT2D eigenvalue weighted by atomic mass is 10.1. The van der Waals surface area contributed by atoms with E-state index in [9.17, 15) is 4.79 Å². The molecule has 0 bridgehead atoms. The van der Waals surface area contributed by atoms with Gasteiger partial charge in [0.15, 0.2) is 0 Å². The van der Waals surface area contributed by atoms with Gasteiger partial charge in [0.25, 0.3) is 5.91 Å². The summed E-state index contributed by atoms with van der Waals surface area (Å²) in [6.45, 7) is 4.02. The molecule has 2 aromatic carbocycles. The summed E-state index contributed by atoms with van der Waals surface area (Å²) in [4.78, 5) is 16.9. The number of benzene rings is 2. The van der Waals surface area contributed by atoms with Gasteiger partial charge in [-0.3, -0.25) is 4.79 Å². The Balaban J connectivity index is 1.36. The number of carbonyl (C=O) groups is 1. The lowest BCUT2D eigenvalue weighted by Crippen LogP contribution is -2.27. The number of rotatable bonds is 6. The molecule has 0 fully saturated rings. The van der Waals surface area contributed by atoms with Crippen LogP contribution in [-0.2, 0) is 0 Å². The molecule has 8 heteroatoms. The molecule has 1 N–H and O–H groups in total. The minimum atomic E-state index is -0.187. The fourth-order valence-corrected chi connectivity index (χ4v) is 2.75. The van der Waals surface area contributed by atoms with Gasteiger partial charge in [0.1, 0.15) is 0 Å². The molecule has 4 aromatic rings. The van der Waals surface area contributed by atoms with Crippen LogP contribution in [0.3, 0.4) is 0 Å². The van der Waals surface area contributed by atoms with E-state index < -0.39 is 0 Å². The number of hydrogen-bond donors (Lipinski definition) is 1. The van der Waals surface area contributed by atoms with Gasteiger partial charge in [-0.25, -0.2) is 0 Å². The third-order valence-corrected chi connectivity index (χ3v) is 4.38. The first kappa shape index (κ1) is 18.5. The SMILES string of the molecule is Cc1nnc(-c2ccc(C(=O)NC[C@@H](C)c3nc(-c4ccccc4)no3)cc2)o1. The van der Waals surface area contributed by atoms with Crippen LogP contribution in [0.25, 0.3) is 22.8 Å². The fraction of sp³-hybridized carbons (Fsp3) is 0.190. The smallest absolute Gasteiger partial charge is 0.251 e. The Morgan fingerprint density at radius 3 is 2.48 bits per heavy atom. The van der Waals surface area contributed by atoms with Crippen LogP contribution in [-0.4, -0.2) is 32.8 Å². The molecule has 0 aliphatic rings. The van der Waals surface area contributed by atoms with Crippen molar-refractivity contribution in [2.45, 2.75) is 19.8 Å². The van der Waals surface area contributed by atoms with E-state index in [4.69, 9.17) is 8.94 Å². The van der Waals surface area contributed by atoms with Crippen LogP contribution in [0.5, 0.6) is 0 Å². The molecule has 4 rings (SSSR count). The standard InChI is InChI=1S/C21H19N5O3/c1-13(20-23-18(26-29-20)15-6-4-3-5-7-15)12-22-19(27)16-8-10-17(11-9-16)21-25-24-14(2)28-21/h3-11,13H,12H2,1-2H3,(H,22,27)/t13-/m1/s1. The molecular weight excluding hydrogens is 370 g/mol. The number of aromatic nitrogens is 4. The molecule has 0 aliphatic carbocycles. The van der Waals surface area contributed by atoms with Crippen molar-refractivity contribution >= 4 is 5.91 Å². The quantitative estimate of drug-likeness (QED) is 0.536. The van der Waals surface area contributed by atoms with Gasteiger partial charge in [0.05, 0.1) is 5.92 Å². The van der Waals surface area contributed by atoms with E-state index in [0.29, 0.717) is 35.6 Å². The molecule has 0 radical (unpaired) electrons. The van der Waals surface area contributed by atoms with Crippen molar-refractivity contribution < 1.29 is 13.7 Å². The molecule has 146 valence electrons. The average Bonchev–Trinajstić information content (AvgIpc) is 3.42. The van der Waals surface area contributed by atoms with Gasteiger partial charge < -0.3 is 14.3 Å². The summed E-state index contributed by atoms with van der Waals surface area (Å²) in [7, 11) is 0. The largest absolute Gasteiger partial charge is 0.421 e. The predicted molar refractivity (Wildman–Crippen MR) is 105 cm³/mol. The zero-order chi connectivity index (χ0) is 20.2. The molecule has 0 spiro atoms. The highest BCUT2D eigenvalue weighted by Gasteiger charge is 2.17. The number of nitrogens with zero attached hydrogens (tertiary/aromatic N) is 4. The minimum Gasteiger partial charge on any atom is -0.421 e. The fourth-order valence-electron chi connectivity index (χ4n) is 2.75. The van der Waals surface area contributed by atoms with Gasteiger partial charge in [-0.05, 0) is 24.3 Å². The predicted octanol–water partition coefficient (Wildman–Crippen LogP) is 3.63. The summed E-state index contributed by atoms with van der Waals surface area (Å²) in [6.07, 6.45) is 0. The summed E-state index contributed by atoms with van der Waals surface area (Å²) in [5.41, 5.74) is 2.18. The van der Waals surface area contributed by atoms with Crippen LogP contribution >= 0.6 is 0 Å². The van der Waals surface area contributed by atoms with Crippen molar-refractivity contribution in [1.29, 1.82) is 0 Å². The summed E-state index contributed by atoms with van der Waals surface area (Å²) >= 11 is 0. The zero-order valence-corrected chi connectivity index (χ0v) is 16.0. The summed E-state index contributed by atoms with van der Waals surface area (Å²) in [5.74, 6) is 1.62. The first-order valence-electron chi connectivity index (χ1n) is 9.18. The maximum absolute atomic E-state index is 12.4. The maximum atomic E-state index is 12.4. The molecule has 0 aliphatic heterocycles. The lowest BCUT2D eigenvalue weighted by Gasteiger charge is -2.09. The second-order valence-corrected chi connectivity index (χ2v) is 6.64. The van der Waals surface area contributed by atoms with Gasteiger partial charge in [0.2, 0.25) is 23.5 Å². The number of nitrogens with one attached hydrogen (secondary N) is 1.